The van der Waals surface area contributed by atoms with E-state index in [9.17, 15) is 0 Å². The third kappa shape index (κ3) is 2.76. The van der Waals surface area contributed by atoms with Crippen LogP contribution in [0, 0.1) is 0 Å². The Labute approximate surface area is 142 Å². The highest BCUT2D eigenvalue weighted by atomic mass is 15.3. The number of piperidine rings is 1. The molecule has 3 aromatic rings. The SMILES string of the molecule is CCN1CCCC(n2ccnc2-c2ccnn2-c2ccccc2)C1. The second kappa shape index (κ2) is 6.61. The number of hydrogen-bond acceptors (Lipinski definition) is 3. The standard InChI is InChI=1S/C19H23N5/c1-2-22-13-6-9-17(15-22)23-14-12-20-19(23)18-10-11-21-24(18)16-7-4-3-5-8-16/h3-5,7-8,10-12,14,17H,2,6,9,13,15H2,1H3. The van der Waals surface area contributed by atoms with Crippen molar-refractivity contribution < 1.29 is 0 Å². The monoisotopic (exact) mass is 321 g/mol. The van der Waals surface area contributed by atoms with E-state index < -0.39 is 0 Å². The van der Waals surface area contributed by atoms with Gasteiger partial charge in [-0.1, -0.05) is 25.1 Å². The number of rotatable bonds is 4. The molecule has 5 heteroatoms. The second-order valence-corrected chi connectivity index (χ2v) is 6.31. The summed E-state index contributed by atoms with van der Waals surface area (Å²) in [5.41, 5.74) is 2.10. The van der Waals surface area contributed by atoms with Crippen molar-refractivity contribution in [2.24, 2.45) is 0 Å². The number of para-hydroxylation sites is 1. The molecule has 4 rings (SSSR count). The van der Waals surface area contributed by atoms with Crippen molar-refractivity contribution in [3.8, 4) is 17.2 Å². The minimum absolute atomic E-state index is 0.482. The molecule has 1 aliphatic rings. The first-order valence-corrected chi connectivity index (χ1v) is 8.72. The fourth-order valence-corrected chi connectivity index (χ4v) is 3.60. The smallest absolute Gasteiger partial charge is 0.159 e. The van der Waals surface area contributed by atoms with Gasteiger partial charge in [-0.15, -0.1) is 0 Å². The molecule has 1 aliphatic heterocycles. The van der Waals surface area contributed by atoms with Gasteiger partial charge >= 0.3 is 0 Å². The maximum atomic E-state index is 4.65. The Hall–Kier alpha value is -2.40. The molecule has 1 unspecified atom stereocenters. The quantitative estimate of drug-likeness (QED) is 0.739. The van der Waals surface area contributed by atoms with Gasteiger partial charge in [-0.25, -0.2) is 9.67 Å². The van der Waals surface area contributed by atoms with Gasteiger partial charge in [0.05, 0.1) is 11.9 Å². The molecule has 0 amide bonds. The lowest BCUT2D eigenvalue weighted by molar-refractivity contribution is 0.186. The molecule has 1 fully saturated rings. The minimum atomic E-state index is 0.482. The number of likely N-dealkylation sites (tertiary alicyclic amines) is 1. The van der Waals surface area contributed by atoms with Crippen LogP contribution in [0.25, 0.3) is 17.2 Å². The summed E-state index contributed by atoms with van der Waals surface area (Å²) in [4.78, 5) is 7.17. The van der Waals surface area contributed by atoms with Gasteiger partial charge in [0, 0.05) is 25.0 Å². The van der Waals surface area contributed by atoms with Crippen molar-refractivity contribution in [2.75, 3.05) is 19.6 Å². The lowest BCUT2D eigenvalue weighted by Crippen LogP contribution is -2.36. The lowest BCUT2D eigenvalue weighted by Gasteiger charge is -2.33. The van der Waals surface area contributed by atoms with Gasteiger partial charge in [-0.2, -0.15) is 5.10 Å². The van der Waals surface area contributed by atoms with Gasteiger partial charge in [0.25, 0.3) is 0 Å². The van der Waals surface area contributed by atoms with Crippen molar-refractivity contribution >= 4 is 0 Å². The molecule has 0 bridgehead atoms. The van der Waals surface area contributed by atoms with E-state index in [-0.39, 0.29) is 0 Å². The van der Waals surface area contributed by atoms with Crippen molar-refractivity contribution in [1.82, 2.24) is 24.2 Å². The van der Waals surface area contributed by atoms with Crippen molar-refractivity contribution in [3.05, 3.63) is 55.0 Å². The first-order valence-electron chi connectivity index (χ1n) is 8.72. The highest BCUT2D eigenvalue weighted by molar-refractivity contribution is 5.54. The Kier molecular flexibility index (Phi) is 4.17. The molecular formula is C19H23N5. The Bertz CT molecular complexity index is 789. The molecule has 1 atom stereocenters. The first kappa shape index (κ1) is 15.1. The zero-order valence-corrected chi connectivity index (χ0v) is 14.0. The molecule has 0 N–H and O–H groups in total. The summed E-state index contributed by atoms with van der Waals surface area (Å²) in [6, 6.07) is 12.8. The Morgan fingerprint density at radius 2 is 2.00 bits per heavy atom. The van der Waals surface area contributed by atoms with Crippen LogP contribution < -0.4 is 0 Å². The molecule has 0 aliphatic carbocycles. The number of imidazole rings is 1. The maximum Gasteiger partial charge on any atom is 0.159 e. The van der Waals surface area contributed by atoms with Crippen LogP contribution in [0.1, 0.15) is 25.8 Å². The molecule has 0 saturated carbocycles. The van der Waals surface area contributed by atoms with Crippen LogP contribution in [0.2, 0.25) is 0 Å². The number of nitrogens with zero attached hydrogens (tertiary/aromatic N) is 5. The van der Waals surface area contributed by atoms with E-state index in [0.29, 0.717) is 6.04 Å². The third-order valence-corrected chi connectivity index (χ3v) is 4.86. The van der Waals surface area contributed by atoms with Crippen molar-refractivity contribution in [2.45, 2.75) is 25.8 Å². The Morgan fingerprint density at radius 1 is 1.12 bits per heavy atom. The molecule has 2 aromatic heterocycles. The van der Waals surface area contributed by atoms with Gasteiger partial charge in [-0.05, 0) is 44.1 Å². The molecule has 0 spiro atoms. The molecule has 1 aromatic carbocycles. The normalized spacial score (nSPS) is 18.8. The number of likely N-dealkylation sites (N-methyl/N-ethyl adjacent to an activating group) is 1. The van der Waals surface area contributed by atoms with Gasteiger partial charge in [0.1, 0.15) is 5.69 Å². The summed E-state index contributed by atoms with van der Waals surface area (Å²) in [5.74, 6) is 0.999. The first-order chi connectivity index (χ1) is 11.9. The topological polar surface area (TPSA) is 38.9 Å². The van der Waals surface area contributed by atoms with E-state index in [0.717, 1.165) is 30.3 Å². The number of aromatic nitrogens is 4. The summed E-state index contributed by atoms with van der Waals surface area (Å²) in [7, 11) is 0. The molecule has 3 heterocycles. The molecule has 1 saturated heterocycles. The van der Waals surface area contributed by atoms with E-state index in [1.165, 1.54) is 19.4 Å². The lowest BCUT2D eigenvalue weighted by atomic mass is 10.1. The zero-order valence-electron chi connectivity index (χ0n) is 14.0. The zero-order chi connectivity index (χ0) is 16.4. The van der Waals surface area contributed by atoms with E-state index in [1.807, 2.05) is 41.3 Å². The van der Waals surface area contributed by atoms with Crippen LogP contribution in [-0.2, 0) is 0 Å². The Morgan fingerprint density at radius 3 is 2.83 bits per heavy atom. The molecule has 24 heavy (non-hydrogen) atoms. The fraction of sp³-hybridized carbons (Fsp3) is 0.368. The van der Waals surface area contributed by atoms with Crippen LogP contribution in [0.3, 0.4) is 0 Å². The van der Waals surface area contributed by atoms with Crippen molar-refractivity contribution in [1.29, 1.82) is 0 Å². The van der Waals surface area contributed by atoms with Gasteiger partial charge in [-0.3, -0.25) is 0 Å². The van der Waals surface area contributed by atoms with Crippen LogP contribution in [0.15, 0.2) is 55.0 Å². The summed E-state index contributed by atoms with van der Waals surface area (Å²) in [6.07, 6.45) is 8.32. The average Bonchev–Trinajstić information content (AvgIpc) is 3.31. The highest BCUT2D eigenvalue weighted by Crippen LogP contribution is 2.28. The Balaban J connectivity index is 1.70. The largest absolute Gasteiger partial charge is 0.325 e. The van der Waals surface area contributed by atoms with E-state index in [2.05, 4.69) is 44.8 Å². The predicted octanol–water partition coefficient (Wildman–Crippen LogP) is 3.39. The molecule has 0 radical (unpaired) electrons. The van der Waals surface area contributed by atoms with E-state index >= 15 is 0 Å². The molecule has 124 valence electrons. The van der Waals surface area contributed by atoms with Crippen LogP contribution >= 0.6 is 0 Å². The van der Waals surface area contributed by atoms with E-state index in [4.69, 9.17) is 0 Å². The summed E-state index contributed by atoms with van der Waals surface area (Å²) in [5, 5.41) is 4.51. The second-order valence-electron chi connectivity index (χ2n) is 6.31. The van der Waals surface area contributed by atoms with Crippen LogP contribution in [0.5, 0.6) is 0 Å². The summed E-state index contributed by atoms with van der Waals surface area (Å²) >= 11 is 0. The fourth-order valence-electron chi connectivity index (χ4n) is 3.60. The van der Waals surface area contributed by atoms with Crippen LogP contribution in [-0.4, -0.2) is 43.9 Å². The van der Waals surface area contributed by atoms with Crippen LogP contribution in [0.4, 0.5) is 0 Å². The highest BCUT2D eigenvalue weighted by Gasteiger charge is 2.23. The van der Waals surface area contributed by atoms with Crippen molar-refractivity contribution in [3.63, 3.8) is 0 Å². The van der Waals surface area contributed by atoms with Gasteiger partial charge in [0.15, 0.2) is 5.82 Å². The molecular weight excluding hydrogens is 298 g/mol. The molecule has 5 nitrogen and oxygen atoms in total. The maximum absolute atomic E-state index is 4.65. The van der Waals surface area contributed by atoms with Gasteiger partial charge in [0.2, 0.25) is 0 Å². The van der Waals surface area contributed by atoms with E-state index in [1.54, 1.807) is 0 Å². The minimum Gasteiger partial charge on any atom is -0.325 e. The summed E-state index contributed by atoms with van der Waals surface area (Å²) in [6.45, 7) is 5.66. The average molecular weight is 321 g/mol. The third-order valence-electron chi connectivity index (χ3n) is 4.86. The van der Waals surface area contributed by atoms with Gasteiger partial charge < -0.3 is 9.47 Å². The summed E-state index contributed by atoms with van der Waals surface area (Å²) < 4.78 is 4.30. The predicted molar refractivity (Wildman–Crippen MR) is 95.2 cm³/mol. The number of hydrogen-bond donors (Lipinski definition) is 0. The number of benzene rings is 1.